The van der Waals surface area contributed by atoms with E-state index in [1.54, 1.807) is 7.11 Å². The first-order chi connectivity index (χ1) is 9.19. The summed E-state index contributed by atoms with van der Waals surface area (Å²) in [6, 6.07) is 0. The minimum atomic E-state index is -0.378. The zero-order valence-electron chi connectivity index (χ0n) is 12.0. The van der Waals surface area contributed by atoms with Crippen LogP contribution in [0.2, 0.25) is 0 Å². The first-order valence-electron chi connectivity index (χ1n) is 7.04. The Hall–Kier alpha value is -0.910. The number of hydrogen-bond donors (Lipinski definition) is 1. The normalized spacial score (nSPS) is 22.6. The number of ether oxygens (including phenoxy) is 1. The highest BCUT2D eigenvalue weighted by Crippen LogP contribution is 2.20. The van der Waals surface area contributed by atoms with E-state index in [9.17, 15) is 5.11 Å². The molecule has 1 fully saturated rings. The lowest BCUT2D eigenvalue weighted by Gasteiger charge is -2.33. The van der Waals surface area contributed by atoms with Gasteiger partial charge in [0.2, 0.25) is 0 Å². The third-order valence-corrected chi connectivity index (χ3v) is 3.82. The maximum atomic E-state index is 9.81. The van der Waals surface area contributed by atoms with E-state index in [0.29, 0.717) is 19.1 Å². The first-order valence-corrected chi connectivity index (χ1v) is 7.04. The first kappa shape index (κ1) is 14.5. The molecule has 1 aromatic rings. The van der Waals surface area contributed by atoms with Gasteiger partial charge in [-0.25, -0.2) is 4.98 Å². The molecule has 0 radical (unpaired) electrons. The zero-order chi connectivity index (χ0) is 13.7. The number of aryl methyl sites for hydroxylation is 1. The summed E-state index contributed by atoms with van der Waals surface area (Å²) in [5.41, 5.74) is 0. The van der Waals surface area contributed by atoms with E-state index in [2.05, 4.69) is 14.5 Å². The van der Waals surface area contributed by atoms with Crippen LogP contribution in [0.5, 0.6) is 0 Å². The quantitative estimate of drug-likeness (QED) is 0.823. The number of likely N-dealkylation sites (tertiary alicyclic amines) is 1. The molecular weight excluding hydrogens is 242 g/mol. The number of imidazole rings is 1. The van der Waals surface area contributed by atoms with Crippen LogP contribution in [0.15, 0.2) is 12.4 Å². The lowest BCUT2D eigenvalue weighted by molar-refractivity contribution is 0.0269. The lowest BCUT2D eigenvalue weighted by atomic mass is 9.94. The van der Waals surface area contributed by atoms with Crippen LogP contribution in [-0.2, 0) is 18.2 Å². The van der Waals surface area contributed by atoms with E-state index < -0.39 is 0 Å². The maximum absolute atomic E-state index is 9.81. The molecule has 1 aliphatic heterocycles. The van der Waals surface area contributed by atoms with Crippen molar-refractivity contribution in [1.82, 2.24) is 14.5 Å². The van der Waals surface area contributed by atoms with Crippen molar-refractivity contribution < 1.29 is 9.84 Å². The predicted octanol–water partition coefficient (Wildman–Crippen LogP) is 0.682. The average Bonchev–Trinajstić information content (AvgIpc) is 2.76. The summed E-state index contributed by atoms with van der Waals surface area (Å²) in [6.45, 7) is 3.26. The van der Waals surface area contributed by atoms with Gasteiger partial charge in [0.25, 0.3) is 0 Å². The van der Waals surface area contributed by atoms with Gasteiger partial charge in [-0.2, -0.15) is 0 Å². The van der Waals surface area contributed by atoms with E-state index in [-0.39, 0.29) is 6.10 Å². The van der Waals surface area contributed by atoms with Crippen LogP contribution < -0.4 is 0 Å². The molecule has 1 saturated heterocycles. The van der Waals surface area contributed by atoms with Crippen molar-refractivity contribution in [2.75, 3.05) is 33.4 Å². The molecule has 5 heteroatoms. The molecule has 0 spiro atoms. The largest absolute Gasteiger partial charge is 0.389 e. The average molecular weight is 267 g/mol. The third kappa shape index (κ3) is 4.30. The number of rotatable bonds is 6. The van der Waals surface area contributed by atoms with Gasteiger partial charge in [0.1, 0.15) is 5.82 Å². The number of piperidine rings is 1. The molecule has 0 saturated carbocycles. The Labute approximate surface area is 115 Å². The fraction of sp³-hybridized carbons (Fsp3) is 0.786. The van der Waals surface area contributed by atoms with Crippen molar-refractivity contribution in [1.29, 1.82) is 0 Å². The van der Waals surface area contributed by atoms with Crippen LogP contribution >= 0.6 is 0 Å². The summed E-state index contributed by atoms with van der Waals surface area (Å²) in [5, 5.41) is 9.81. The standard InChI is InChI=1S/C14H25N3O2/c1-16-7-5-15-14(16)8-12-4-3-6-17(9-12)10-13(18)11-19-2/h5,7,12-13,18H,3-4,6,8-11H2,1-2H3. The fourth-order valence-corrected chi connectivity index (χ4v) is 2.88. The Morgan fingerprint density at radius 3 is 3.11 bits per heavy atom. The van der Waals surface area contributed by atoms with Gasteiger partial charge in [-0.1, -0.05) is 0 Å². The molecular formula is C14H25N3O2. The van der Waals surface area contributed by atoms with E-state index in [1.807, 2.05) is 19.4 Å². The minimum Gasteiger partial charge on any atom is -0.389 e. The van der Waals surface area contributed by atoms with Gasteiger partial charge in [0.15, 0.2) is 0 Å². The number of aliphatic hydroxyl groups is 1. The number of hydrogen-bond acceptors (Lipinski definition) is 4. The molecule has 2 unspecified atom stereocenters. The van der Waals surface area contributed by atoms with Gasteiger partial charge in [-0.15, -0.1) is 0 Å². The van der Waals surface area contributed by atoms with Crippen molar-refractivity contribution in [3.8, 4) is 0 Å². The van der Waals surface area contributed by atoms with E-state index in [1.165, 1.54) is 12.8 Å². The monoisotopic (exact) mass is 267 g/mol. The molecule has 1 N–H and O–H groups in total. The third-order valence-electron chi connectivity index (χ3n) is 3.82. The highest BCUT2D eigenvalue weighted by Gasteiger charge is 2.22. The second kappa shape index (κ2) is 7.03. The summed E-state index contributed by atoms with van der Waals surface area (Å²) in [4.78, 5) is 6.75. The number of aliphatic hydroxyl groups excluding tert-OH is 1. The topological polar surface area (TPSA) is 50.5 Å². The number of methoxy groups -OCH3 is 1. The van der Waals surface area contributed by atoms with Crippen LogP contribution in [0.3, 0.4) is 0 Å². The summed E-state index contributed by atoms with van der Waals surface area (Å²) in [6.07, 6.45) is 6.96. The van der Waals surface area contributed by atoms with Crippen molar-refractivity contribution >= 4 is 0 Å². The van der Waals surface area contributed by atoms with Crippen molar-refractivity contribution in [3.63, 3.8) is 0 Å². The van der Waals surface area contributed by atoms with Gasteiger partial charge in [0.05, 0.1) is 12.7 Å². The Morgan fingerprint density at radius 1 is 1.58 bits per heavy atom. The van der Waals surface area contributed by atoms with E-state index in [0.717, 1.165) is 25.3 Å². The van der Waals surface area contributed by atoms with Gasteiger partial charge in [0, 0.05) is 46.1 Å². The van der Waals surface area contributed by atoms with Crippen LogP contribution in [0.4, 0.5) is 0 Å². The van der Waals surface area contributed by atoms with E-state index in [4.69, 9.17) is 4.74 Å². The molecule has 1 aromatic heterocycles. The molecule has 2 atom stereocenters. The molecule has 2 rings (SSSR count). The Morgan fingerprint density at radius 2 is 2.42 bits per heavy atom. The molecule has 0 aliphatic carbocycles. The summed E-state index contributed by atoms with van der Waals surface area (Å²) >= 11 is 0. The molecule has 0 amide bonds. The van der Waals surface area contributed by atoms with Crippen molar-refractivity contribution in [2.45, 2.75) is 25.4 Å². The molecule has 2 heterocycles. The Kier molecular flexibility index (Phi) is 5.36. The fourth-order valence-electron chi connectivity index (χ4n) is 2.88. The van der Waals surface area contributed by atoms with Crippen LogP contribution in [0.1, 0.15) is 18.7 Å². The second-order valence-corrected chi connectivity index (χ2v) is 5.54. The van der Waals surface area contributed by atoms with Crippen LogP contribution in [0.25, 0.3) is 0 Å². The molecule has 108 valence electrons. The SMILES string of the molecule is COCC(O)CN1CCCC(Cc2nccn2C)C1. The smallest absolute Gasteiger partial charge is 0.108 e. The highest BCUT2D eigenvalue weighted by molar-refractivity contribution is 4.94. The highest BCUT2D eigenvalue weighted by atomic mass is 16.5. The second-order valence-electron chi connectivity index (χ2n) is 5.54. The molecule has 0 bridgehead atoms. The van der Waals surface area contributed by atoms with Gasteiger partial charge in [-0.05, 0) is 25.3 Å². The van der Waals surface area contributed by atoms with E-state index >= 15 is 0 Å². The Bertz CT molecular complexity index is 381. The number of aromatic nitrogens is 2. The summed E-state index contributed by atoms with van der Waals surface area (Å²) in [7, 11) is 3.68. The minimum absolute atomic E-state index is 0.378. The molecule has 1 aliphatic rings. The predicted molar refractivity (Wildman–Crippen MR) is 74.0 cm³/mol. The van der Waals surface area contributed by atoms with Gasteiger partial charge >= 0.3 is 0 Å². The molecule has 5 nitrogen and oxygen atoms in total. The van der Waals surface area contributed by atoms with Gasteiger partial charge in [-0.3, -0.25) is 0 Å². The molecule has 0 aromatic carbocycles. The summed E-state index contributed by atoms with van der Waals surface area (Å²) < 4.78 is 7.08. The van der Waals surface area contributed by atoms with Gasteiger partial charge < -0.3 is 19.3 Å². The van der Waals surface area contributed by atoms with Crippen molar-refractivity contribution in [3.05, 3.63) is 18.2 Å². The zero-order valence-corrected chi connectivity index (χ0v) is 12.0. The Balaban J connectivity index is 1.82. The molecule has 19 heavy (non-hydrogen) atoms. The summed E-state index contributed by atoms with van der Waals surface area (Å²) in [5.74, 6) is 1.80. The van der Waals surface area contributed by atoms with Crippen LogP contribution in [-0.4, -0.2) is 59.0 Å². The van der Waals surface area contributed by atoms with Crippen molar-refractivity contribution in [2.24, 2.45) is 13.0 Å². The number of β-amino-alcohol motifs (C(OH)–C–C–N with tert-alkyl or cyclic N) is 1. The number of nitrogens with zero attached hydrogens (tertiary/aromatic N) is 3. The van der Waals surface area contributed by atoms with Crippen LogP contribution in [0, 0.1) is 5.92 Å². The maximum Gasteiger partial charge on any atom is 0.108 e. The lowest BCUT2D eigenvalue weighted by Crippen LogP contribution is -2.42.